The topological polar surface area (TPSA) is 124 Å². The lowest BCUT2D eigenvalue weighted by Crippen LogP contribution is -2.43. The third-order valence-corrected chi connectivity index (χ3v) is 3.76. The zero-order valence-electron chi connectivity index (χ0n) is 10.1. The van der Waals surface area contributed by atoms with Crippen molar-refractivity contribution in [2.75, 3.05) is 0 Å². The Hall–Kier alpha value is -1.44. The second-order valence-electron chi connectivity index (χ2n) is 4.99. The van der Waals surface area contributed by atoms with Crippen LogP contribution in [0.4, 0.5) is 0 Å². The number of carboxylic acid groups (broad SMARTS) is 2. The van der Waals surface area contributed by atoms with Gasteiger partial charge in [0.05, 0.1) is 11.8 Å². The number of hydrogen-bond acceptors (Lipinski definition) is 5. The Balaban J connectivity index is 2.20. The highest BCUT2D eigenvalue weighted by Crippen LogP contribution is 2.41. The summed E-state index contributed by atoms with van der Waals surface area (Å²) in [6.07, 6.45) is 2.09. The molecule has 0 spiro atoms. The molecule has 0 saturated carbocycles. The highest BCUT2D eigenvalue weighted by Gasteiger charge is 2.48. The van der Waals surface area contributed by atoms with Crippen molar-refractivity contribution in [1.82, 2.24) is 0 Å². The number of carbonyl (C=O) groups is 2. The summed E-state index contributed by atoms with van der Waals surface area (Å²) in [7, 11) is 0. The summed E-state index contributed by atoms with van der Waals surface area (Å²) < 4.78 is 5.03. The third kappa shape index (κ3) is 2.63. The summed E-state index contributed by atoms with van der Waals surface area (Å²) in [5.41, 5.74) is 0. The van der Waals surface area contributed by atoms with Gasteiger partial charge in [0, 0.05) is 18.8 Å². The fourth-order valence-corrected chi connectivity index (χ4v) is 2.69. The predicted octanol–water partition coefficient (Wildman–Crippen LogP) is -0.219. The molecule has 0 aromatic carbocycles. The second kappa shape index (κ2) is 4.92. The normalized spacial score (nSPS) is 42.2. The molecule has 7 heteroatoms. The van der Waals surface area contributed by atoms with Crippen molar-refractivity contribution in [2.24, 2.45) is 17.8 Å². The van der Waals surface area contributed by atoms with Crippen LogP contribution in [0.1, 0.15) is 19.3 Å². The van der Waals surface area contributed by atoms with E-state index < -0.39 is 41.8 Å². The van der Waals surface area contributed by atoms with Gasteiger partial charge in [0.15, 0.2) is 12.1 Å². The van der Waals surface area contributed by atoms with E-state index in [1.165, 1.54) is 12.2 Å². The molecule has 0 aromatic heterocycles. The SMILES string of the molecule is O=C(O)C1C=CC(C2(O)CCC(O)O2)CC1C(=O)O. The Morgan fingerprint density at radius 2 is 1.89 bits per heavy atom. The van der Waals surface area contributed by atoms with E-state index in [2.05, 4.69) is 0 Å². The van der Waals surface area contributed by atoms with Gasteiger partial charge in [0.1, 0.15) is 0 Å². The molecule has 19 heavy (non-hydrogen) atoms. The van der Waals surface area contributed by atoms with Gasteiger partial charge >= 0.3 is 11.9 Å². The van der Waals surface area contributed by atoms with Crippen molar-refractivity contribution in [1.29, 1.82) is 0 Å². The number of aliphatic hydroxyl groups is 2. The van der Waals surface area contributed by atoms with E-state index in [1.807, 2.05) is 0 Å². The first-order valence-electron chi connectivity index (χ1n) is 6.05. The van der Waals surface area contributed by atoms with Crippen LogP contribution in [0.5, 0.6) is 0 Å². The van der Waals surface area contributed by atoms with E-state index in [0.717, 1.165) is 0 Å². The maximum Gasteiger partial charge on any atom is 0.311 e. The van der Waals surface area contributed by atoms with Crippen molar-refractivity contribution < 1.29 is 34.8 Å². The van der Waals surface area contributed by atoms with E-state index in [1.54, 1.807) is 0 Å². The van der Waals surface area contributed by atoms with Crippen molar-refractivity contribution in [3.05, 3.63) is 12.2 Å². The standard InChI is InChI=1S/C12H16O7/c13-9-3-4-12(18,19-9)6-1-2-7(10(14)15)8(5-6)11(16)17/h1-2,6-9,13,18H,3-5H2,(H,14,15)(H,16,17). The zero-order chi connectivity index (χ0) is 14.2. The first-order valence-corrected chi connectivity index (χ1v) is 6.05. The van der Waals surface area contributed by atoms with Crippen molar-refractivity contribution in [3.63, 3.8) is 0 Å². The van der Waals surface area contributed by atoms with Gasteiger partial charge in [-0.05, 0) is 6.42 Å². The molecule has 0 aromatic rings. The number of hydrogen-bond donors (Lipinski definition) is 4. The first-order chi connectivity index (χ1) is 8.83. The van der Waals surface area contributed by atoms with E-state index in [-0.39, 0.29) is 19.3 Å². The Labute approximate surface area is 109 Å². The molecule has 0 radical (unpaired) electrons. The maximum absolute atomic E-state index is 11.1. The minimum atomic E-state index is -1.62. The quantitative estimate of drug-likeness (QED) is 0.523. The van der Waals surface area contributed by atoms with Gasteiger partial charge in [0.25, 0.3) is 0 Å². The lowest BCUT2D eigenvalue weighted by Gasteiger charge is -2.35. The molecule has 2 rings (SSSR count). The minimum absolute atomic E-state index is 0.0357. The zero-order valence-corrected chi connectivity index (χ0v) is 10.1. The summed E-state index contributed by atoms with van der Waals surface area (Å²) in [6, 6.07) is 0. The first kappa shape index (κ1) is 14.0. The molecular formula is C12H16O7. The fourth-order valence-electron chi connectivity index (χ4n) is 2.69. The summed E-state index contributed by atoms with van der Waals surface area (Å²) >= 11 is 0. The molecule has 0 amide bonds. The van der Waals surface area contributed by atoms with Crippen molar-refractivity contribution >= 4 is 11.9 Å². The van der Waals surface area contributed by atoms with Gasteiger partial charge < -0.3 is 25.2 Å². The maximum atomic E-state index is 11.1. The average Bonchev–Trinajstić information content (AvgIpc) is 2.69. The lowest BCUT2D eigenvalue weighted by atomic mass is 9.75. The lowest BCUT2D eigenvalue weighted by molar-refractivity contribution is -0.257. The number of rotatable bonds is 3. The molecule has 1 saturated heterocycles. The second-order valence-corrected chi connectivity index (χ2v) is 4.99. The van der Waals surface area contributed by atoms with Gasteiger partial charge in [0.2, 0.25) is 0 Å². The number of ether oxygens (including phenoxy) is 1. The Morgan fingerprint density at radius 1 is 1.21 bits per heavy atom. The van der Waals surface area contributed by atoms with Crippen molar-refractivity contribution in [3.8, 4) is 0 Å². The monoisotopic (exact) mass is 272 g/mol. The van der Waals surface area contributed by atoms with E-state index >= 15 is 0 Å². The van der Waals surface area contributed by atoms with Gasteiger partial charge in [-0.3, -0.25) is 9.59 Å². The molecular weight excluding hydrogens is 256 g/mol. The van der Waals surface area contributed by atoms with Crippen LogP contribution in [0.15, 0.2) is 12.2 Å². The predicted molar refractivity (Wildman–Crippen MR) is 60.8 cm³/mol. The molecule has 7 nitrogen and oxygen atoms in total. The fraction of sp³-hybridized carbons (Fsp3) is 0.667. The van der Waals surface area contributed by atoms with Crippen LogP contribution in [0.2, 0.25) is 0 Å². The van der Waals surface area contributed by atoms with Gasteiger partial charge in [-0.15, -0.1) is 0 Å². The van der Waals surface area contributed by atoms with Crippen LogP contribution in [-0.2, 0) is 14.3 Å². The largest absolute Gasteiger partial charge is 0.481 e. The van der Waals surface area contributed by atoms with E-state index in [0.29, 0.717) is 0 Å². The van der Waals surface area contributed by atoms with Gasteiger partial charge in [-0.2, -0.15) is 0 Å². The summed E-state index contributed by atoms with van der Waals surface area (Å²) in [5.74, 6) is -6.90. The van der Waals surface area contributed by atoms with Gasteiger partial charge in [-0.25, -0.2) is 0 Å². The third-order valence-electron chi connectivity index (χ3n) is 3.76. The Morgan fingerprint density at radius 3 is 2.37 bits per heavy atom. The van der Waals surface area contributed by atoms with Gasteiger partial charge in [-0.1, -0.05) is 12.2 Å². The molecule has 5 atom stereocenters. The highest BCUT2D eigenvalue weighted by atomic mass is 16.7. The molecule has 5 unspecified atom stereocenters. The Bertz CT molecular complexity index is 418. The van der Waals surface area contributed by atoms with E-state index in [4.69, 9.17) is 14.9 Å². The highest BCUT2D eigenvalue weighted by molar-refractivity contribution is 5.81. The summed E-state index contributed by atoms with van der Waals surface area (Å²) in [6.45, 7) is 0. The molecule has 1 heterocycles. The number of aliphatic hydroxyl groups excluding tert-OH is 1. The van der Waals surface area contributed by atoms with E-state index in [9.17, 15) is 19.8 Å². The Kier molecular flexibility index (Phi) is 3.62. The van der Waals surface area contributed by atoms with Crippen LogP contribution >= 0.6 is 0 Å². The van der Waals surface area contributed by atoms with Crippen LogP contribution in [0.3, 0.4) is 0 Å². The summed E-state index contributed by atoms with van der Waals surface area (Å²) in [4.78, 5) is 22.1. The molecule has 2 aliphatic rings. The molecule has 1 fully saturated rings. The average molecular weight is 272 g/mol. The number of carboxylic acids is 2. The molecule has 106 valence electrons. The summed E-state index contributed by atoms with van der Waals surface area (Å²) in [5, 5.41) is 37.6. The van der Waals surface area contributed by atoms with Crippen molar-refractivity contribution in [2.45, 2.75) is 31.3 Å². The molecule has 0 bridgehead atoms. The van der Waals surface area contributed by atoms with Crippen LogP contribution < -0.4 is 0 Å². The molecule has 1 aliphatic carbocycles. The van der Waals surface area contributed by atoms with Crippen LogP contribution in [0, 0.1) is 17.8 Å². The van der Waals surface area contributed by atoms with Crippen LogP contribution in [0.25, 0.3) is 0 Å². The smallest absolute Gasteiger partial charge is 0.311 e. The number of aliphatic carboxylic acids is 2. The molecule has 1 aliphatic heterocycles. The van der Waals surface area contributed by atoms with Crippen LogP contribution in [-0.4, -0.2) is 44.4 Å². The minimum Gasteiger partial charge on any atom is -0.481 e. The molecule has 4 N–H and O–H groups in total.